The molecule has 3 rings (SSSR count). The Hall–Kier alpha value is -2.98. The van der Waals surface area contributed by atoms with Crippen LogP contribution in [0.2, 0.25) is 0 Å². The third-order valence-corrected chi connectivity index (χ3v) is 5.44. The van der Waals surface area contributed by atoms with Gasteiger partial charge >= 0.3 is 5.97 Å². The Kier molecular flexibility index (Phi) is 7.36. The van der Waals surface area contributed by atoms with E-state index >= 15 is 0 Å². The Labute approximate surface area is 177 Å². The van der Waals surface area contributed by atoms with E-state index < -0.39 is 11.9 Å². The van der Waals surface area contributed by atoms with Gasteiger partial charge in [0.25, 0.3) is 0 Å². The molecule has 1 fully saturated rings. The summed E-state index contributed by atoms with van der Waals surface area (Å²) in [7, 11) is 0. The largest absolute Gasteiger partial charge is 0.492 e. The summed E-state index contributed by atoms with van der Waals surface area (Å²) in [6.07, 6.45) is 3.74. The highest BCUT2D eigenvalue weighted by Gasteiger charge is 2.37. The second-order valence-corrected chi connectivity index (χ2v) is 7.40. The van der Waals surface area contributed by atoms with Crippen molar-refractivity contribution < 1.29 is 19.0 Å². The fourth-order valence-electron chi connectivity index (χ4n) is 3.98. The zero-order valence-corrected chi connectivity index (χ0v) is 17.6. The molecule has 7 heteroatoms. The number of esters is 1. The molecular formula is C23H29N3O4. The first-order chi connectivity index (χ1) is 14.6. The number of nitrogens with zero attached hydrogens (tertiary/aromatic N) is 2. The van der Waals surface area contributed by atoms with Gasteiger partial charge in [0.2, 0.25) is 5.88 Å². The first kappa shape index (κ1) is 21.7. The molecular weight excluding hydrogens is 382 g/mol. The predicted molar refractivity (Wildman–Crippen MR) is 112 cm³/mol. The van der Waals surface area contributed by atoms with Crippen molar-refractivity contribution in [2.24, 2.45) is 5.73 Å². The molecule has 1 aromatic carbocycles. The summed E-state index contributed by atoms with van der Waals surface area (Å²) >= 11 is 0. The van der Waals surface area contributed by atoms with Crippen LogP contribution in [-0.4, -0.2) is 43.7 Å². The summed E-state index contributed by atoms with van der Waals surface area (Å²) in [6.45, 7) is 7.16. The van der Waals surface area contributed by atoms with Gasteiger partial charge in [0.1, 0.15) is 29.8 Å². The molecule has 2 N–H and O–H groups in total. The van der Waals surface area contributed by atoms with Gasteiger partial charge in [0.05, 0.1) is 18.1 Å². The summed E-state index contributed by atoms with van der Waals surface area (Å²) in [5.74, 6) is -0.275. The molecule has 0 radical (unpaired) electrons. The molecule has 2 heterocycles. The predicted octanol–water partition coefficient (Wildman–Crippen LogP) is 3.20. The van der Waals surface area contributed by atoms with E-state index in [1.807, 2.05) is 24.3 Å². The highest BCUT2D eigenvalue weighted by atomic mass is 16.5. The molecule has 30 heavy (non-hydrogen) atoms. The van der Waals surface area contributed by atoms with E-state index in [0.717, 1.165) is 19.6 Å². The van der Waals surface area contributed by atoms with Crippen molar-refractivity contribution in [2.45, 2.75) is 39.0 Å². The summed E-state index contributed by atoms with van der Waals surface area (Å²) in [6, 6.07) is 9.54. The standard InChI is InChI=1S/C23H29N3O4/c1-3-28-23(27)20-16(2)30-22(25)18(15-24)21(20)17-9-5-6-10-19(17)29-14-13-26-11-7-4-8-12-26/h5-6,9-10,21H,3-4,7-8,11-14,25H2,1-2H3. The van der Waals surface area contributed by atoms with Gasteiger partial charge in [-0.05, 0) is 45.8 Å². The van der Waals surface area contributed by atoms with Crippen molar-refractivity contribution in [3.63, 3.8) is 0 Å². The molecule has 2 aliphatic heterocycles. The van der Waals surface area contributed by atoms with E-state index in [-0.39, 0.29) is 23.6 Å². The van der Waals surface area contributed by atoms with E-state index in [1.165, 1.54) is 19.3 Å². The molecule has 0 aliphatic carbocycles. The number of hydrogen-bond acceptors (Lipinski definition) is 7. The summed E-state index contributed by atoms with van der Waals surface area (Å²) in [5.41, 5.74) is 7.14. The maximum Gasteiger partial charge on any atom is 0.338 e. The van der Waals surface area contributed by atoms with Crippen LogP contribution < -0.4 is 10.5 Å². The molecule has 160 valence electrons. The molecule has 0 amide bonds. The van der Waals surface area contributed by atoms with Crippen LogP contribution in [-0.2, 0) is 14.3 Å². The van der Waals surface area contributed by atoms with Gasteiger partial charge in [0.15, 0.2) is 0 Å². The Morgan fingerprint density at radius 1 is 1.30 bits per heavy atom. The van der Waals surface area contributed by atoms with Gasteiger partial charge < -0.3 is 19.9 Å². The molecule has 0 aromatic heterocycles. The zero-order valence-electron chi connectivity index (χ0n) is 17.6. The number of likely N-dealkylation sites (tertiary alicyclic amines) is 1. The van der Waals surface area contributed by atoms with Crippen LogP contribution in [0.5, 0.6) is 5.75 Å². The quantitative estimate of drug-likeness (QED) is 0.688. The topological polar surface area (TPSA) is 97.8 Å². The van der Waals surface area contributed by atoms with Crippen LogP contribution in [0, 0.1) is 11.3 Å². The third-order valence-electron chi connectivity index (χ3n) is 5.44. The van der Waals surface area contributed by atoms with Crippen LogP contribution in [0.3, 0.4) is 0 Å². The zero-order chi connectivity index (χ0) is 21.5. The minimum atomic E-state index is -0.700. The van der Waals surface area contributed by atoms with E-state index in [4.69, 9.17) is 19.9 Å². The van der Waals surface area contributed by atoms with Crippen LogP contribution in [0.25, 0.3) is 0 Å². The lowest BCUT2D eigenvalue weighted by Gasteiger charge is -2.29. The number of carbonyl (C=O) groups excluding carboxylic acids is 1. The first-order valence-electron chi connectivity index (χ1n) is 10.5. The average molecular weight is 412 g/mol. The number of benzene rings is 1. The van der Waals surface area contributed by atoms with Crippen LogP contribution in [0.1, 0.15) is 44.6 Å². The minimum Gasteiger partial charge on any atom is -0.492 e. The number of piperidine rings is 1. The number of hydrogen-bond donors (Lipinski definition) is 1. The number of nitrogens with two attached hydrogens (primary N) is 1. The maximum absolute atomic E-state index is 12.7. The van der Waals surface area contributed by atoms with Crippen molar-refractivity contribution in [1.82, 2.24) is 4.90 Å². The monoisotopic (exact) mass is 411 g/mol. The molecule has 1 aromatic rings. The molecule has 1 saturated heterocycles. The molecule has 0 bridgehead atoms. The Morgan fingerprint density at radius 3 is 2.73 bits per heavy atom. The van der Waals surface area contributed by atoms with Gasteiger partial charge in [-0.15, -0.1) is 0 Å². The van der Waals surface area contributed by atoms with E-state index in [0.29, 0.717) is 23.7 Å². The Balaban J connectivity index is 1.89. The van der Waals surface area contributed by atoms with Gasteiger partial charge in [-0.2, -0.15) is 5.26 Å². The minimum absolute atomic E-state index is 0.00355. The Bertz CT molecular complexity index is 879. The van der Waals surface area contributed by atoms with Crippen molar-refractivity contribution in [2.75, 3.05) is 32.8 Å². The van der Waals surface area contributed by atoms with Gasteiger partial charge in [0, 0.05) is 12.1 Å². The van der Waals surface area contributed by atoms with Crippen molar-refractivity contribution >= 4 is 5.97 Å². The summed E-state index contributed by atoms with van der Waals surface area (Å²) < 4.78 is 16.8. The maximum atomic E-state index is 12.7. The van der Waals surface area contributed by atoms with Crippen molar-refractivity contribution in [3.05, 3.63) is 52.6 Å². The molecule has 7 nitrogen and oxygen atoms in total. The van der Waals surface area contributed by atoms with Crippen LogP contribution in [0.4, 0.5) is 0 Å². The van der Waals surface area contributed by atoms with Gasteiger partial charge in [-0.1, -0.05) is 24.6 Å². The molecule has 2 aliphatic rings. The number of para-hydroxylation sites is 1. The van der Waals surface area contributed by atoms with Crippen LogP contribution >= 0.6 is 0 Å². The number of carbonyl (C=O) groups is 1. The van der Waals surface area contributed by atoms with Crippen molar-refractivity contribution in [3.8, 4) is 11.8 Å². The van der Waals surface area contributed by atoms with Crippen LogP contribution in [0.15, 0.2) is 47.1 Å². The summed E-state index contributed by atoms with van der Waals surface area (Å²) in [4.78, 5) is 15.1. The number of allylic oxidation sites excluding steroid dienone is 2. The van der Waals surface area contributed by atoms with E-state index in [2.05, 4.69) is 11.0 Å². The second kappa shape index (κ2) is 10.2. The fourth-order valence-corrected chi connectivity index (χ4v) is 3.98. The number of ether oxygens (including phenoxy) is 3. The van der Waals surface area contributed by atoms with Gasteiger partial charge in [-0.3, -0.25) is 4.90 Å². The number of rotatable bonds is 7. The van der Waals surface area contributed by atoms with E-state index in [9.17, 15) is 10.1 Å². The molecule has 0 saturated carbocycles. The summed E-state index contributed by atoms with van der Waals surface area (Å²) in [5, 5.41) is 9.76. The first-order valence-corrected chi connectivity index (χ1v) is 10.5. The Morgan fingerprint density at radius 2 is 2.03 bits per heavy atom. The lowest BCUT2D eigenvalue weighted by atomic mass is 9.82. The lowest BCUT2D eigenvalue weighted by molar-refractivity contribution is -0.139. The van der Waals surface area contributed by atoms with Crippen molar-refractivity contribution in [1.29, 1.82) is 5.26 Å². The number of nitriles is 1. The highest BCUT2D eigenvalue weighted by Crippen LogP contribution is 2.42. The molecule has 1 unspecified atom stereocenters. The van der Waals surface area contributed by atoms with E-state index in [1.54, 1.807) is 13.8 Å². The fraction of sp³-hybridized carbons (Fsp3) is 0.478. The lowest BCUT2D eigenvalue weighted by Crippen LogP contribution is -2.33. The third kappa shape index (κ3) is 4.77. The molecule has 0 spiro atoms. The normalized spacial score (nSPS) is 19.8. The second-order valence-electron chi connectivity index (χ2n) is 7.40. The highest BCUT2D eigenvalue weighted by molar-refractivity contribution is 5.92. The SMILES string of the molecule is CCOC(=O)C1=C(C)OC(N)=C(C#N)C1c1ccccc1OCCN1CCCCC1. The molecule has 1 atom stereocenters. The smallest absolute Gasteiger partial charge is 0.338 e. The van der Waals surface area contributed by atoms with Gasteiger partial charge in [-0.25, -0.2) is 4.79 Å². The average Bonchev–Trinajstić information content (AvgIpc) is 2.74.